The molecule has 212 valence electrons. The average molecular weight is 568 g/mol. The number of pyridine rings is 1. The van der Waals surface area contributed by atoms with E-state index in [-0.39, 0.29) is 18.0 Å². The summed E-state index contributed by atoms with van der Waals surface area (Å²) in [4.78, 5) is 19.6. The molecule has 2 aromatic heterocycles. The van der Waals surface area contributed by atoms with Crippen LogP contribution in [-0.2, 0) is 4.79 Å². The fourth-order valence-corrected chi connectivity index (χ4v) is 5.81. The van der Waals surface area contributed by atoms with Crippen LogP contribution in [0, 0.1) is 26.2 Å². The molecule has 1 amide bonds. The second-order valence-electron chi connectivity index (χ2n) is 11.5. The van der Waals surface area contributed by atoms with Crippen LogP contribution in [0.4, 0.5) is 11.4 Å². The van der Waals surface area contributed by atoms with E-state index in [1.54, 1.807) is 7.11 Å². The van der Waals surface area contributed by atoms with Crippen molar-refractivity contribution < 1.29 is 9.53 Å². The second kappa shape index (κ2) is 11.0. The normalized spacial score (nSPS) is 17.0. The number of aromatic nitrogens is 2. The molecule has 2 N–H and O–H groups in total. The van der Waals surface area contributed by atoms with Crippen LogP contribution in [-0.4, -0.2) is 27.7 Å². The lowest BCUT2D eigenvalue weighted by Gasteiger charge is -2.29. The van der Waals surface area contributed by atoms with Crippen LogP contribution in [0.1, 0.15) is 61.1 Å². The lowest BCUT2D eigenvalue weighted by Crippen LogP contribution is -2.30. The molecule has 0 saturated carbocycles. The van der Waals surface area contributed by atoms with E-state index in [0.717, 1.165) is 34.0 Å². The molecule has 1 aliphatic heterocycles. The summed E-state index contributed by atoms with van der Waals surface area (Å²) in [6.07, 6.45) is 1.81. The molecular formula is C33H37N5O2S. The maximum atomic E-state index is 12.7. The SMILES string of the molecule is COc1cc(N2C(=S)N[C@@H](c3ccccn3)[C@@H]2c2cc(C)n(-c3ccccc3C)c2C)ccc1NC(=O)C(C)(C)C. The number of ether oxygens (including phenoxy) is 1. The quantitative estimate of drug-likeness (QED) is 0.245. The Bertz CT molecular complexity index is 1610. The number of thiocarbonyl (C=S) groups is 1. The molecule has 1 aliphatic rings. The fourth-order valence-electron chi connectivity index (χ4n) is 5.46. The van der Waals surface area contributed by atoms with E-state index in [4.69, 9.17) is 21.9 Å². The summed E-state index contributed by atoms with van der Waals surface area (Å²) in [7, 11) is 1.61. The summed E-state index contributed by atoms with van der Waals surface area (Å²) in [5, 5.41) is 7.16. The summed E-state index contributed by atoms with van der Waals surface area (Å²) >= 11 is 5.97. The van der Waals surface area contributed by atoms with Crippen LogP contribution in [0.25, 0.3) is 5.69 Å². The molecular weight excluding hydrogens is 530 g/mol. The van der Waals surface area contributed by atoms with Gasteiger partial charge in [0.05, 0.1) is 30.6 Å². The highest BCUT2D eigenvalue weighted by Gasteiger charge is 2.42. The number of amides is 1. The number of methoxy groups -OCH3 is 1. The highest BCUT2D eigenvalue weighted by atomic mass is 32.1. The molecule has 0 unspecified atom stereocenters. The number of anilines is 2. The van der Waals surface area contributed by atoms with Crippen LogP contribution < -0.4 is 20.3 Å². The average Bonchev–Trinajstić information content (AvgIpc) is 3.44. The largest absolute Gasteiger partial charge is 0.494 e. The molecule has 7 nitrogen and oxygen atoms in total. The van der Waals surface area contributed by atoms with Crippen LogP contribution >= 0.6 is 12.2 Å². The number of nitrogens with one attached hydrogen (secondary N) is 2. The van der Waals surface area contributed by atoms with Crippen molar-refractivity contribution in [2.45, 2.75) is 53.6 Å². The van der Waals surface area contributed by atoms with Gasteiger partial charge in [-0.25, -0.2) is 0 Å². The Morgan fingerprint density at radius 3 is 2.41 bits per heavy atom. The smallest absolute Gasteiger partial charge is 0.229 e. The number of para-hydroxylation sites is 1. The van der Waals surface area contributed by atoms with Crippen molar-refractivity contribution in [2.24, 2.45) is 5.41 Å². The second-order valence-corrected chi connectivity index (χ2v) is 11.9. The number of aryl methyl sites for hydroxylation is 2. The molecule has 0 radical (unpaired) electrons. The van der Waals surface area contributed by atoms with Gasteiger partial charge in [-0.05, 0) is 80.5 Å². The Kier molecular flexibility index (Phi) is 7.62. The first-order valence-electron chi connectivity index (χ1n) is 13.8. The van der Waals surface area contributed by atoms with Crippen LogP contribution in [0.5, 0.6) is 5.75 Å². The molecule has 1 fully saturated rings. The number of nitrogens with zero attached hydrogens (tertiary/aromatic N) is 3. The zero-order valence-electron chi connectivity index (χ0n) is 24.6. The van der Waals surface area contributed by atoms with Gasteiger partial charge >= 0.3 is 0 Å². The first kappa shape index (κ1) is 28.4. The molecule has 0 spiro atoms. The number of carbonyl (C=O) groups excluding carboxylic acids is 1. The van der Waals surface area contributed by atoms with Gasteiger partial charge in [0.15, 0.2) is 5.11 Å². The third-order valence-corrected chi connectivity index (χ3v) is 7.95. The Balaban J connectivity index is 1.64. The van der Waals surface area contributed by atoms with Gasteiger partial charge in [-0.1, -0.05) is 45.0 Å². The van der Waals surface area contributed by atoms with Gasteiger partial charge in [-0.15, -0.1) is 0 Å². The highest BCUT2D eigenvalue weighted by Crippen LogP contribution is 2.45. The Morgan fingerprint density at radius 2 is 1.76 bits per heavy atom. The Morgan fingerprint density at radius 1 is 1.02 bits per heavy atom. The Labute approximate surface area is 247 Å². The third-order valence-electron chi connectivity index (χ3n) is 7.64. The summed E-state index contributed by atoms with van der Waals surface area (Å²) in [6.45, 7) is 12.1. The molecule has 41 heavy (non-hydrogen) atoms. The van der Waals surface area contributed by atoms with Gasteiger partial charge in [-0.2, -0.15) is 0 Å². The lowest BCUT2D eigenvalue weighted by molar-refractivity contribution is -0.123. The molecule has 0 aliphatic carbocycles. The highest BCUT2D eigenvalue weighted by molar-refractivity contribution is 7.80. The number of hydrogen-bond donors (Lipinski definition) is 2. The monoisotopic (exact) mass is 567 g/mol. The van der Waals surface area contributed by atoms with E-state index >= 15 is 0 Å². The molecule has 2 atom stereocenters. The van der Waals surface area contributed by atoms with E-state index in [2.05, 4.69) is 71.2 Å². The topological polar surface area (TPSA) is 71.4 Å². The summed E-state index contributed by atoms with van der Waals surface area (Å²) in [6, 6.07) is 22.0. The van der Waals surface area contributed by atoms with Gasteiger partial charge in [0.2, 0.25) is 5.91 Å². The standard InChI is InChI=1S/C33H37N5O2S/c1-20-12-8-9-14-27(20)37-21(2)18-24(22(37)3)30-29(26-13-10-11-17-34-26)36-32(41)38(30)23-15-16-25(28(19-23)40-7)35-31(39)33(4,5)6/h8-19,29-30H,1-7H3,(H,35,39)(H,36,41)/t29-,30-/m0/s1. The van der Waals surface area contributed by atoms with Crippen LogP contribution in [0.15, 0.2) is 72.9 Å². The molecule has 4 aromatic rings. The van der Waals surface area contributed by atoms with E-state index in [1.807, 2.05) is 63.4 Å². The first-order chi connectivity index (χ1) is 19.5. The van der Waals surface area contributed by atoms with E-state index in [9.17, 15) is 4.79 Å². The number of rotatable bonds is 6. The zero-order valence-corrected chi connectivity index (χ0v) is 25.5. The predicted molar refractivity (Wildman–Crippen MR) is 169 cm³/mol. The summed E-state index contributed by atoms with van der Waals surface area (Å²) in [5.74, 6) is 0.479. The van der Waals surface area contributed by atoms with Crippen LogP contribution in [0.3, 0.4) is 0 Å². The van der Waals surface area contributed by atoms with E-state index < -0.39 is 5.41 Å². The van der Waals surface area contributed by atoms with Gasteiger partial charge < -0.3 is 24.8 Å². The minimum atomic E-state index is -0.537. The van der Waals surface area contributed by atoms with Crippen molar-refractivity contribution in [1.82, 2.24) is 14.9 Å². The third kappa shape index (κ3) is 5.32. The van der Waals surface area contributed by atoms with Crippen molar-refractivity contribution in [3.8, 4) is 11.4 Å². The van der Waals surface area contributed by atoms with Crippen molar-refractivity contribution in [1.29, 1.82) is 0 Å². The maximum Gasteiger partial charge on any atom is 0.229 e. The van der Waals surface area contributed by atoms with Crippen LogP contribution in [0.2, 0.25) is 0 Å². The predicted octanol–water partition coefficient (Wildman–Crippen LogP) is 6.97. The Hall–Kier alpha value is -4.17. The van der Waals surface area contributed by atoms with E-state index in [0.29, 0.717) is 16.5 Å². The molecule has 1 saturated heterocycles. The van der Waals surface area contributed by atoms with Gasteiger partial charge in [0.1, 0.15) is 5.75 Å². The molecule has 5 rings (SSSR count). The molecule has 8 heteroatoms. The van der Waals surface area contributed by atoms with Crippen molar-refractivity contribution in [3.05, 3.63) is 101 Å². The minimum absolute atomic E-state index is 0.0846. The van der Waals surface area contributed by atoms with Gasteiger partial charge in [0.25, 0.3) is 0 Å². The maximum absolute atomic E-state index is 12.7. The lowest BCUT2D eigenvalue weighted by atomic mass is 9.95. The van der Waals surface area contributed by atoms with Crippen molar-refractivity contribution in [2.75, 3.05) is 17.3 Å². The first-order valence-corrected chi connectivity index (χ1v) is 14.2. The molecule has 3 heterocycles. The van der Waals surface area contributed by atoms with E-state index in [1.165, 1.54) is 5.56 Å². The number of carbonyl (C=O) groups is 1. The number of hydrogen-bond acceptors (Lipinski definition) is 4. The molecule has 2 aromatic carbocycles. The van der Waals surface area contributed by atoms with Crippen molar-refractivity contribution in [3.63, 3.8) is 0 Å². The van der Waals surface area contributed by atoms with Crippen molar-refractivity contribution >= 4 is 34.6 Å². The van der Waals surface area contributed by atoms with Gasteiger partial charge in [-0.3, -0.25) is 9.78 Å². The summed E-state index contributed by atoms with van der Waals surface area (Å²) < 4.78 is 8.05. The number of benzene rings is 2. The molecule has 0 bridgehead atoms. The fraction of sp³-hybridized carbons (Fsp3) is 0.303. The summed E-state index contributed by atoms with van der Waals surface area (Å²) in [5.41, 5.74) is 7.64. The zero-order chi connectivity index (χ0) is 29.5. The van der Waals surface area contributed by atoms with Gasteiger partial charge in [0, 0.05) is 40.4 Å². The minimum Gasteiger partial charge on any atom is -0.494 e.